The van der Waals surface area contributed by atoms with Gasteiger partial charge in [0.1, 0.15) is 0 Å². The Balaban J connectivity index is 1.59. The van der Waals surface area contributed by atoms with E-state index in [-0.39, 0.29) is 17.9 Å². The monoisotopic (exact) mass is 376 g/mol. The van der Waals surface area contributed by atoms with Crippen molar-refractivity contribution in [1.29, 1.82) is 0 Å². The van der Waals surface area contributed by atoms with E-state index >= 15 is 0 Å². The van der Waals surface area contributed by atoms with Crippen LogP contribution in [0.5, 0.6) is 0 Å². The van der Waals surface area contributed by atoms with Gasteiger partial charge in [0.25, 0.3) is 0 Å². The number of hydrogen-bond acceptors (Lipinski definition) is 3. The molecule has 0 N–H and O–H groups in total. The molecule has 1 aliphatic carbocycles. The maximum Gasteiger partial charge on any atom is 0.236 e. The fourth-order valence-corrected chi connectivity index (χ4v) is 4.81. The summed E-state index contributed by atoms with van der Waals surface area (Å²) in [4.78, 5) is 14.9. The highest BCUT2D eigenvalue weighted by atomic mass is 32.2. The van der Waals surface area contributed by atoms with Crippen LogP contribution in [0.1, 0.15) is 45.1 Å². The lowest BCUT2D eigenvalue weighted by Gasteiger charge is -2.35. The Morgan fingerprint density at radius 1 is 1.12 bits per heavy atom. The normalized spacial score (nSPS) is 20.0. The second-order valence-electron chi connectivity index (χ2n) is 7.50. The highest BCUT2D eigenvalue weighted by Crippen LogP contribution is 2.32. The summed E-state index contributed by atoms with van der Waals surface area (Å²) in [6, 6.07) is 10.0. The van der Waals surface area contributed by atoms with Gasteiger partial charge in [-0.25, -0.2) is 8.42 Å². The van der Waals surface area contributed by atoms with E-state index in [2.05, 4.69) is 13.8 Å². The average molecular weight is 377 g/mol. The summed E-state index contributed by atoms with van der Waals surface area (Å²) >= 11 is 0. The van der Waals surface area contributed by atoms with Crippen molar-refractivity contribution in [3.05, 3.63) is 41.3 Å². The Morgan fingerprint density at radius 3 is 2.27 bits per heavy atom. The van der Waals surface area contributed by atoms with E-state index in [1.54, 1.807) is 6.08 Å². The first kappa shape index (κ1) is 19.1. The van der Waals surface area contributed by atoms with Crippen LogP contribution in [0.15, 0.2) is 35.7 Å². The third-order valence-corrected chi connectivity index (χ3v) is 6.71. The fraction of sp³-hybridized carbons (Fsp3) is 0.550. The van der Waals surface area contributed by atoms with Crippen LogP contribution in [-0.2, 0) is 14.8 Å². The van der Waals surface area contributed by atoms with Crippen LogP contribution in [0.4, 0.5) is 0 Å². The zero-order valence-corrected chi connectivity index (χ0v) is 16.4. The Bertz CT molecular complexity index is 745. The molecular formula is C20H28N2O3S. The Hall–Kier alpha value is -1.66. The zero-order valence-electron chi connectivity index (χ0n) is 15.5. The summed E-state index contributed by atoms with van der Waals surface area (Å²) in [6.07, 6.45) is 5.03. The van der Waals surface area contributed by atoms with Crippen LogP contribution in [-0.4, -0.2) is 48.7 Å². The summed E-state index contributed by atoms with van der Waals surface area (Å²) in [5.74, 6) is 0.155. The number of sulfonamides is 1. The third kappa shape index (κ3) is 4.54. The van der Waals surface area contributed by atoms with Gasteiger partial charge in [0.15, 0.2) is 0 Å². The van der Waals surface area contributed by atoms with Crippen LogP contribution in [0.3, 0.4) is 0 Å². The summed E-state index contributed by atoms with van der Waals surface area (Å²) in [5, 5.41) is 1.27. The lowest BCUT2D eigenvalue weighted by molar-refractivity contribution is -0.139. The molecule has 0 aromatic heterocycles. The zero-order chi connectivity index (χ0) is 18.7. The molecule has 0 bridgehead atoms. The number of carbonyl (C=O) groups excluding carboxylic acids is 1. The maximum atomic E-state index is 12.8. The second kappa shape index (κ2) is 7.92. The summed E-state index contributed by atoms with van der Waals surface area (Å²) in [7, 11) is -3.44. The number of nitrogens with zero attached hydrogens (tertiary/aromatic N) is 2. The largest absolute Gasteiger partial charge is 0.337 e. The highest BCUT2D eigenvalue weighted by molar-refractivity contribution is 7.92. The van der Waals surface area contributed by atoms with Gasteiger partial charge < -0.3 is 4.90 Å². The topological polar surface area (TPSA) is 57.7 Å². The SMILES string of the molecule is CC(C)N(C(=O)C1CCN(S(=O)(=O)/C=C/c2ccccc2)CC1)C1CC1. The van der Waals surface area contributed by atoms with Crippen LogP contribution >= 0.6 is 0 Å². The molecule has 1 heterocycles. The molecule has 5 nitrogen and oxygen atoms in total. The van der Waals surface area contributed by atoms with Crippen molar-refractivity contribution in [2.24, 2.45) is 5.92 Å². The Labute approximate surface area is 156 Å². The summed E-state index contributed by atoms with van der Waals surface area (Å²) < 4.78 is 26.6. The molecule has 2 fully saturated rings. The molecule has 1 saturated heterocycles. The fourth-order valence-electron chi connectivity index (χ4n) is 3.59. The number of benzene rings is 1. The van der Waals surface area contributed by atoms with E-state index in [4.69, 9.17) is 0 Å². The van der Waals surface area contributed by atoms with Gasteiger partial charge >= 0.3 is 0 Å². The second-order valence-corrected chi connectivity index (χ2v) is 9.32. The third-order valence-electron chi connectivity index (χ3n) is 5.15. The number of amides is 1. The number of rotatable bonds is 6. The molecule has 0 spiro atoms. The molecule has 1 amide bonds. The molecule has 2 aliphatic rings. The smallest absolute Gasteiger partial charge is 0.236 e. The molecule has 0 radical (unpaired) electrons. The van der Waals surface area contributed by atoms with E-state index in [1.165, 1.54) is 9.71 Å². The van der Waals surface area contributed by atoms with E-state index in [0.717, 1.165) is 18.4 Å². The van der Waals surface area contributed by atoms with Crippen molar-refractivity contribution < 1.29 is 13.2 Å². The van der Waals surface area contributed by atoms with Gasteiger partial charge in [-0.05, 0) is 51.2 Å². The minimum absolute atomic E-state index is 0.0532. The average Bonchev–Trinajstić information content (AvgIpc) is 3.46. The van der Waals surface area contributed by atoms with Crippen molar-refractivity contribution in [2.75, 3.05) is 13.1 Å². The molecule has 0 unspecified atom stereocenters. The summed E-state index contributed by atoms with van der Waals surface area (Å²) in [5.41, 5.74) is 0.859. The molecule has 6 heteroatoms. The molecule has 1 aliphatic heterocycles. The number of hydrogen-bond donors (Lipinski definition) is 0. The lowest BCUT2D eigenvalue weighted by atomic mass is 9.96. The summed E-state index contributed by atoms with van der Waals surface area (Å²) in [6.45, 7) is 4.94. The Kier molecular flexibility index (Phi) is 5.82. The van der Waals surface area contributed by atoms with Gasteiger partial charge in [-0.3, -0.25) is 4.79 Å². The standard InChI is InChI=1S/C20H28N2O3S/c1-16(2)22(19-8-9-19)20(23)18-10-13-21(14-11-18)26(24,25)15-12-17-6-4-3-5-7-17/h3-7,12,15-16,18-19H,8-11,13-14H2,1-2H3/b15-12+. The van der Waals surface area contributed by atoms with Crippen molar-refractivity contribution in [2.45, 2.75) is 51.6 Å². The molecule has 0 atom stereocenters. The van der Waals surface area contributed by atoms with E-state index in [0.29, 0.717) is 32.0 Å². The molecule has 3 rings (SSSR count). The first-order valence-electron chi connectivity index (χ1n) is 9.44. The van der Waals surface area contributed by atoms with Gasteiger partial charge in [-0.1, -0.05) is 30.3 Å². The predicted molar refractivity (Wildman–Crippen MR) is 104 cm³/mol. The lowest BCUT2D eigenvalue weighted by Crippen LogP contribution is -2.46. The van der Waals surface area contributed by atoms with Crippen molar-refractivity contribution >= 4 is 22.0 Å². The van der Waals surface area contributed by atoms with Gasteiger partial charge in [0.05, 0.1) is 0 Å². The van der Waals surface area contributed by atoms with Crippen LogP contribution in [0.25, 0.3) is 6.08 Å². The Morgan fingerprint density at radius 2 is 1.73 bits per heavy atom. The predicted octanol–water partition coefficient (Wildman–Crippen LogP) is 3.10. The highest BCUT2D eigenvalue weighted by Gasteiger charge is 2.39. The molecule has 1 saturated carbocycles. The van der Waals surface area contributed by atoms with E-state index in [9.17, 15) is 13.2 Å². The maximum absolute atomic E-state index is 12.8. The van der Waals surface area contributed by atoms with Crippen LogP contribution in [0.2, 0.25) is 0 Å². The van der Waals surface area contributed by atoms with Gasteiger partial charge in [-0.15, -0.1) is 0 Å². The van der Waals surface area contributed by atoms with Gasteiger partial charge in [-0.2, -0.15) is 4.31 Å². The van der Waals surface area contributed by atoms with Crippen LogP contribution < -0.4 is 0 Å². The van der Waals surface area contributed by atoms with Gasteiger partial charge in [0.2, 0.25) is 15.9 Å². The molecule has 1 aromatic carbocycles. The first-order valence-corrected chi connectivity index (χ1v) is 10.9. The van der Waals surface area contributed by atoms with Crippen molar-refractivity contribution in [3.63, 3.8) is 0 Å². The molecule has 26 heavy (non-hydrogen) atoms. The number of piperidine rings is 1. The quantitative estimate of drug-likeness (QED) is 0.767. The van der Waals surface area contributed by atoms with E-state index in [1.807, 2.05) is 35.2 Å². The minimum Gasteiger partial charge on any atom is -0.337 e. The minimum atomic E-state index is -3.44. The molecular weight excluding hydrogens is 348 g/mol. The van der Waals surface area contributed by atoms with Crippen molar-refractivity contribution in [3.8, 4) is 0 Å². The van der Waals surface area contributed by atoms with Gasteiger partial charge in [0, 0.05) is 36.5 Å². The van der Waals surface area contributed by atoms with E-state index < -0.39 is 10.0 Å². The molecule has 1 aromatic rings. The van der Waals surface area contributed by atoms with Crippen molar-refractivity contribution in [1.82, 2.24) is 9.21 Å². The van der Waals surface area contributed by atoms with Crippen LogP contribution in [0, 0.1) is 5.92 Å². The number of carbonyl (C=O) groups is 1. The molecule has 142 valence electrons. The first-order chi connectivity index (χ1) is 12.4.